The number of rotatable bonds is 7. The Balaban J connectivity index is 1.50. The maximum atomic E-state index is 13.1. The molecule has 0 saturated heterocycles. The predicted octanol–water partition coefficient (Wildman–Crippen LogP) is 5.61. The van der Waals surface area contributed by atoms with E-state index in [1.54, 1.807) is 30.7 Å². The van der Waals surface area contributed by atoms with Crippen molar-refractivity contribution in [2.75, 3.05) is 13.7 Å². The number of nitrogens with zero attached hydrogens (tertiary/aromatic N) is 2. The average Bonchev–Trinajstić information content (AvgIpc) is 3.50. The van der Waals surface area contributed by atoms with Crippen molar-refractivity contribution >= 4 is 23.0 Å². The molecule has 1 atom stereocenters. The number of carbonyl (C=O) groups excluding carboxylic acids is 1. The van der Waals surface area contributed by atoms with Gasteiger partial charge >= 0.3 is 6.18 Å². The summed E-state index contributed by atoms with van der Waals surface area (Å²) in [5, 5.41) is 5.95. The molecule has 0 fully saturated rings. The van der Waals surface area contributed by atoms with Crippen molar-refractivity contribution in [3.05, 3.63) is 87.6 Å². The van der Waals surface area contributed by atoms with Crippen LogP contribution in [0.3, 0.4) is 0 Å². The summed E-state index contributed by atoms with van der Waals surface area (Å²) in [6.07, 6.45) is -4.38. The van der Waals surface area contributed by atoms with Crippen molar-refractivity contribution in [3.63, 3.8) is 0 Å². The molecular formula is C24H21F3N2O3S. The molecule has 33 heavy (non-hydrogen) atoms. The molecule has 1 amide bonds. The Morgan fingerprint density at radius 2 is 1.97 bits per heavy atom. The zero-order chi connectivity index (χ0) is 23.4. The van der Waals surface area contributed by atoms with Gasteiger partial charge in [-0.2, -0.15) is 13.2 Å². The summed E-state index contributed by atoms with van der Waals surface area (Å²) >= 11 is 1.28. The van der Waals surface area contributed by atoms with Gasteiger partial charge in [-0.25, -0.2) is 0 Å². The quantitative estimate of drug-likeness (QED) is 0.447. The van der Waals surface area contributed by atoms with Gasteiger partial charge < -0.3 is 14.5 Å². The number of hydrogen-bond acceptors (Lipinski definition) is 5. The standard InChI is InChI=1S/C24H21F3N2O3S/c1-31-19-9-7-17(8-10-19)21-13-20(32-28-21)15-29(23(30)22-6-3-11-33-22)14-16-4-2-5-18(12-16)24(25,26)27/h2-12,20H,13-15H2,1H3. The highest BCUT2D eigenvalue weighted by atomic mass is 32.1. The van der Waals surface area contributed by atoms with E-state index in [9.17, 15) is 18.0 Å². The Labute approximate surface area is 193 Å². The van der Waals surface area contributed by atoms with Gasteiger partial charge in [-0.1, -0.05) is 23.4 Å². The van der Waals surface area contributed by atoms with E-state index in [0.717, 1.165) is 29.2 Å². The topological polar surface area (TPSA) is 51.1 Å². The van der Waals surface area contributed by atoms with Crippen LogP contribution in [0.4, 0.5) is 13.2 Å². The van der Waals surface area contributed by atoms with Crippen LogP contribution in [0, 0.1) is 0 Å². The first-order valence-corrected chi connectivity index (χ1v) is 11.1. The van der Waals surface area contributed by atoms with Gasteiger partial charge in [0.2, 0.25) is 0 Å². The Morgan fingerprint density at radius 1 is 1.18 bits per heavy atom. The van der Waals surface area contributed by atoms with Gasteiger partial charge in [0.05, 0.1) is 29.8 Å². The van der Waals surface area contributed by atoms with Crippen molar-refractivity contribution < 1.29 is 27.5 Å². The number of halogens is 3. The smallest absolute Gasteiger partial charge is 0.416 e. The van der Waals surface area contributed by atoms with Crippen molar-refractivity contribution in [3.8, 4) is 5.75 Å². The first kappa shape index (κ1) is 22.8. The molecule has 9 heteroatoms. The third-order valence-electron chi connectivity index (χ3n) is 5.23. The summed E-state index contributed by atoms with van der Waals surface area (Å²) in [6, 6.07) is 15.9. The molecule has 0 bridgehead atoms. The minimum atomic E-state index is -4.45. The second-order valence-corrected chi connectivity index (χ2v) is 8.51. The highest BCUT2D eigenvalue weighted by molar-refractivity contribution is 7.12. The van der Waals surface area contributed by atoms with Crippen LogP contribution in [0.15, 0.2) is 71.2 Å². The minimum absolute atomic E-state index is 0.0262. The number of methoxy groups -OCH3 is 1. The SMILES string of the molecule is COc1ccc(C2=NOC(CN(Cc3cccc(C(F)(F)F)c3)C(=O)c3cccs3)C2)cc1. The van der Waals surface area contributed by atoms with E-state index in [2.05, 4.69) is 5.16 Å². The fourth-order valence-corrected chi connectivity index (χ4v) is 4.26. The van der Waals surface area contributed by atoms with Crippen LogP contribution >= 0.6 is 11.3 Å². The lowest BCUT2D eigenvalue weighted by Gasteiger charge is -2.25. The van der Waals surface area contributed by atoms with Crippen molar-refractivity contribution in [2.24, 2.45) is 5.16 Å². The first-order valence-electron chi connectivity index (χ1n) is 10.2. The van der Waals surface area contributed by atoms with E-state index in [0.29, 0.717) is 16.9 Å². The van der Waals surface area contributed by atoms with Gasteiger partial charge in [-0.05, 0) is 59.0 Å². The summed E-state index contributed by atoms with van der Waals surface area (Å²) in [7, 11) is 1.59. The molecule has 0 saturated carbocycles. The van der Waals surface area contributed by atoms with Crippen LogP contribution in [0.25, 0.3) is 0 Å². The highest BCUT2D eigenvalue weighted by Gasteiger charge is 2.31. The number of thiophene rings is 1. The van der Waals surface area contributed by atoms with Gasteiger partial charge in [0.15, 0.2) is 6.10 Å². The molecule has 1 unspecified atom stereocenters. The van der Waals surface area contributed by atoms with Gasteiger partial charge in [-0.15, -0.1) is 11.3 Å². The molecule has 2 aromatic carbocycles. The monoisotopic (exact) mass is 474 g/mol. The molecule has 0 radical (unpaired) electrons. The fourth-order valence-electron chi connectivity index (χ4n) is 3.57. The number of alkyl halides is 3. The van der Waals surface area contributed by atoms with E-state index in [1.807, 2.05) is 24.3 Å². The molecule has 0 spiro atoms. The Kier molecular flexibility index (Phi) is 6.69. The minimum Gasteiger partial charge on any atom is -0.497 e. The zero-order valence-corrected chi connectivity index (χ0v) is 18.5. The molecule has 1 aliphatic rings. The largest absolute Gasteiger partial charge is 0.497 e. The van der Waals surface area contributed by atoms with Gasteiger partial charge in [0.25, 0.3) is 5.91 Å². The van der Waals surface area contributed by atoms with Gasteiger partial charge in [0, 0.05) is 13.0 Å². The molecule has 172 valence electrons. The van der Waals surface area contributed by atoms with Gasteiger partial charge in [-0.3, -0.25) is 4.79 Å². The second kappa shape index (κ2) is 9.66. The molecule has 0 aliphatic carbocycles. The number of oxime groups is 1. The lowest BCUT2D eigenvalue weighted by atomic mass is 10.0. The number of ether oxygens (including phenoxy) is 1. The van der Waals surface area contributed by atoms with Crippen LogP contribution in [0.2, 0.25) is 0 Å². The molecule has 3 aromatic rings. The summed E-state index contributed by atoms with van der Waals surface area (Å²) in [6.45, 7) is 0.217. The van der Waals surface area contributed by atoms with E-state index >= 15 is 0 Å². The van der Waals surface area contributed by atoms with E-state index in [-0.39, 0.29) is 19.0 Å². The van der Waals surface area contributed by atoms with Crippen LogP contribution in [-0.4, -0.2) is 36.3 Å². The molecule has 5 nitrogen and oxygen atoms in total. The van der Waals surface area contributed by atoms with E-state index in [1.165, 1.54) is 22.3 Å². The summed E-state index contributed by atoms with van der Waals surface area (Å²) in [5.41, 5.74) is 1.27. The van der Waals surface area contributed by atoms with Crippen LogP contribution in [-0.2, 0) is 17.6 Å². The fraction of sp³-hybridized carbons (Fsp3) is 0.250. The maximum absolute atomic E-state index is 13.1. The van der Waals surface area contributed by atoms with Crippen molar-refractivity contribution in [1.29, 1.82) is 0 Å². The number of amides is 1. The van der Waals surface area contributed by atoms with Gasteiger partial charge in [0.1, 0.15) is 5.75 Å². The lowest BCUT2D eigenvalue weighted by molar-refractivity contribution is -0.137. The van der Waals surface area contributed by atoms with Crippen LogP contribution in [0.5, 0.6) is 5.75 Å². The van der Waals surface area contributed by atoms with Crippen LogP contribution < -0.4 is 4.74 Å². The Morgan fingerprint density at radius 3 is 2.64 bits per heavy atom. The highest BCUT2D eigenvalue weighted by Crippen LogP contribution is 2.30. The normalized spacial score (nSPS) is 15.6. The van der Waals surface area contributed by atoms with Crippen LogP contribution in [0.1, 0.15) is 32.8 Å². The molecule has 0 N–H and O–H groups in total. The molecule has 2 heterocycles. The number of hydrogen-bond donors (Lipinski definition) is 0. The average molecular weight is 475 g/mol. The summed E-state index contributed by atoms with van der Waals surface area (Å²) in [5.74, 6) is 0.465. The summed E-state index contributed by atoms with van der Waals surface area (Å²) < 4.78 is 44.6. The summed E-state index contributed by atoms with van der Waals surface area (Å²) in [4.78, 5) is 20.7. The molecule has 1 aliphatic heterocycles. The number of benzene rings is 2. The Bertz CT molecular complexity index is 1130. The predicted molar refractivity (Wildman–Crippen MR) is 120 cm³/mol. The molecular weight excluding hydrogens is 453 g/mol. The number of carbonyl (C=O) groups is 1. The third kappa shape index (κ3) is 5.54. The van der Waals surface area contributed by atoms with E-state index in [4.69, 9.17) is 9.57 Å². The first-order chi connectivity index (χ1) is 15.8. The zero-order valence-electron chi connectivity index (χ0n) is 17.7. The van der Waals surface area contributed by atoms with Crippen molar-refractivity contribution in [1.82, 2.24) is 4.90 Å². The third-order valence-corrected chi connectivity index (χ3v) is 6.09. The molecule has 4 rings (SSSR count). The Hall–Kier alpha value is -3.33. The lowest BCUT2D eigenvalue weighted by Crippen LogP contribution is -2.37. The maximum Gasteiger partial charge on any atom is 0.416 e. The van der Waals surface area contributed by atoms with Crippen molar-refractivity contribution in [2.45, 2.75) is 25.2 Å². The second-order valence-electron chi connectivity index (χ2n) is 7.56. The molecule has 1 aromatic heterocycles. The van der Waals surface area contributed by atoms with E-state index < -0.39 is 17.8 Å².